The Morgan fingerprint density at radius 3 is 2.41 bits per heavy atom. The van der Waals surface area contributed by atoms with Crippen LogP contribution in [0, 0.1) is 6.92 Å². The lowest BCUT2D eigenvalue weighted by Gasteiger charge is -2.16. The van der Waals surface area contributed by atoms with Crippen LogP contribution in [0.25, 0.3) is 10.9 Å². The van der Waals surface area contributed by atoms with Gasteiger partial charge >= 0.3 is 5.97 Å². The van der Waals surface area contributed by atoms with Crippen molar-refractivity contribution in [3.8, 4) is 0 Å². The van der Waals surface area contributed by atoms with Gasteiger partial charge < -0.3 is 9.72 Å². The average Bonchev–Trinajstić information content (AvgIpc) is 3.21. The van der Waals surface area contributed by atoms with Crippen molar-refractivity contribution < 1.29 is 22.5 Å². The summed E-state index contributed by atoms with van der Waals surface area (Å²) in [7, 11) is -4.02. The number of aliphatic imine (C=N–C) groups is 1. The minimum atomic E-state index is -4.02. The summed E-state index contributed by atoms with van der Waals surface area (Å²) in [6, 6.07) is 23.3. The monoisotopic (exact) mass is 476 g/mol. The number of carbonyl (C=O) groups is 1. The molecule has 3 aromatic carbocycles. The number of ether oxygens (including phenoxy) is 1. The summed E-state index contributed by atoms with van der Waals surface area (Å²) in [5.74, 6) is -0.277. The molecular weight excluding hydrogens is 452 g/mol. The lowest BCUT2D eigenvalue weighted by atomic mass is 10.0. The Kier molecular flexibility index (Phi) is 6.90. The maximum absolute atomic E-state index is 12.3. The first-order chi connectivity index (χ1) is 16.3. The van der Waals surface area contributed by atoms with Gasteiger partial charge in [0.2, 0.25) is 0 Å². The van der Waals surface area contributed by atoms with Gasteiger partial charge in [0.05, 0.1) is 10.6 Å². The molecule has 1 aliphatic heterocycles. The molecule has 0 unspecified atom stereocenters. The van der Waals surface area contributed by atoms with Crippen LogP contribution in [0.5, 0.6) is 0 Å². The van der Waals surface area contributed by atoms with E-state index in [0.29, 0.717) is 6.42 Å². The minimum absolute atomic E-state index is 0.0666. The maximum Gasteiger partial charge on any atom is 0.331 e. The number of aromatic nitrogens is 1. The Bertz CT molecular complexity index is 1430. The number of esters is 1. The van der Waals surface area contributed by atoms with Crippen LogP contribution >= 0.6 is 0 Å². The molecule has 174 valence electrons. The molecule has 2 N–H and O–H groups in total. The van der Waals surface area contributed by atoms with Crippen LogP contribution in [0.2, 0.25) is 0 Å². The molecule has 0 aliphatic carbocycles. The molecule has 8 heteroatoms. The third-order valence-electron chi connectivity index (χ3n) is 5.44. The number of hydrogen-bond donors (Lipinski definition) is 2. The molecule has 0 saturated heterocycles. The third-order valence-corrected chi connectivity index (χ3v) is 6.31. The van der Waals surface area contributed by atoms with E-state index in [2.05, 4.69) is 16.0 Å². The van der Waals surface area contributed by atoms with Crippen LogP contribution in [0.15, 0.2) is 88.8 Å². The number of benzene rings is 3. The van der Waals surface area contributed by atoms with Crippen LogP contribution in [0.3, 0.4) is 0 Å². The summed E-state index contributed by atoms with van der Waals surface area (Å²) >= 11 is 0. The molecule has 1 aliphatic rings. The van der Waals surface area contributed by atoms with Crippen LogP contribution in [-0.4, -0.2) is 36.2 Å². The SMILES string of the molecule is Cc1ccc(S(=O)(=O)O)cc1.O=C(OCc1ccccc1)[C@@H]1Cc2c([nH]c3ccccc23)C=N1. The molecular formula is C26H24N2O5S. The number of rotatable bonds is 4. The molecule has 0 saturated carbocycles. The van der Waals surface area contributed by atoms with Gasteiger partial charge in [0.15, 0.2) is 6.04 Å². The van der Waals surface area contributed by atoms with Gasteiger partial charge in [-0.3, -0.25) is 9.55 Å². The summed E-state index contributed by atoms with van der Waals surface area (Å²) in [6.45, 7) is 2.13. The summed E-state index contributed by atoms with van der Waals surface area (Å²) in [5.41, 5.74) is 5.13. The van der Waals surface area contributed by atoms with E-state index >= 15 is 0 Å². The highest BCUT2D eigenvalue weighted by Crippen LogP contribution is 2.26. The molecule has 34 heavy (non-hydrogen) atoms. The molecule has 0 bridgehead atoms. The van der Waals surface area contributed by atoms with E-state index in [1.54, 1.807) is 18.3 Å². The van der Waals surface area contributed by atoms with Gasteiger partial charge in [-0.15, -0.1) is 0 Å². The van der Waals surface area contributed by atoms with Crippen molar-refractivity contribution in [1.82, 2.24) is 4.98 Å². The van der Waals surface area contributed by atoms with E-state index in [-0.39, 0.29) is 17.5 Å². The quantitative estimate of drug-likeness (QED) is 0.333. The zero-order chi connectivity index (χ0) is 24.1. The number of carbonyl (C=O) groups excluding carboxylic acids is 1. The van der Waals surface area contributed by atoms with Gasteiger partial charge in [0.1, 0.15) is 6.61 Å². The van der Waals surface area contributed by atoms with E-state index in [1.165, 1.54) is 12.1 Å². The largest absolute Gasteiger partial charge is 0.459 e. The van der Waals surface area contributed by atoms with Gasteiger partial charge in [-0.2, -0.15) is 8.42 Å². The molecule has 1 atom stereocenters. The predicted octanol–water partition coefficient (Wildman–Crippen LogP) is 4.50. The van der Waals surface area contributed by atoms with E-state index in [4.69, 9.17) is 9.29 Å². The van der Waals surface area contributed by atoms with Crippen molar-refractivity contribution in [3.05, 3.63) is 101 Å². The Hall–Kier alpha value is -3.75. The highest BCUT2D eigenvalue weighted by atomic mass is 32.2. The van der Waals surface area contributed by atoms with Crippen LogP contribution in [0.4, 0.5) is 0 Å². The lowest BCUT2D eigenvalue weighted by Crippen LogP contribution is -2.26. The van der Waals surface area contributed by atoms with Crippen LogP contribution < -0.4 is 0 Å². The summed E-state index contributed by atoms with van der Waals surface area (Å²) in [6.07, 6.45) is 2.32. The van der Waals surface area contributed by atoms with Gasteiger partial charge in [-0.25, -0.2) is 4.79 Å². The van der Waals surface area contributed by atoms with E-state index in [0.717, 1.165) is 33.3 Å². The first kappa shape index (κ1) is 23.4. The molecule has 0 fully saturated rings. The number of aromatic amines is 1. The van der Waals surface area contributed by atoms with Gasteiger partial charge in [0, 0.05) is 23.5 Å². The number of para-hydroxylation sites is 1. The number of H-pyrrole nitrogens is 1. The van der Waals surface area contributed by atoms with Gasteiger partial charge in [-0.1, -0.05) is 66.2 Å². The van der Waals surface area contributed by atoms with Crippen molar-refractivity contribution >= 4 is 33.2 Å². The maximum atomic E-state index is 12.3. The first-order valence-electron chi connectivity index (χ1n) is 10.7. The molecule has 7 nitrogen and oxygen atoms in total. The van der Waals surface area contributed by atoms with E-state index in [1.807, 2.05) is 55.5 Å². The Morgan fingerprint density at radius 1 is 1.03 bits per heavy atom. The smallest absolute Gasteiger partial charge is 0.331 e. The zero-order valence-electron chi connectivity index (χ0n) is 18.5. The molecule has 4 aromatic rings. The van der Waals surface area contributed by atoms with Gasteiger partial charge in [0.25, 0.3) is 10.1 Å². The molecule has 0 radical (unpaired) electrons. The van der Waals surface area contributed by atoms with Crippen LogP contribution in [-0.2, 0) is 32.7 Å². The average molecular weight is 477 g/mol. The fraction of sp³-hybridized carbons (Fsp3) is 0.154. The number of hydrogen-bond acceptors (Lipinski definition) is 5. The number of aryl methyl sites for hydroxylation is 1. The molecule has 0 amide bonds. The standard InChI is InChI=1S/C19H16N2O2.C7H8O3S/c22-19(23-12-13-6-2-1-3-7-13)17-10-15-14-8-4-5-9-16(14)21-18(15)11-20-17;1-6-2-4-7(5-3-6)11(8,9)10/h1-9,11,17,21H,10,12H2;2-5H,1H3,(H,8,9,10)/t17-;/m0./s1. The molecule has 0 spiro atoms. The molecule has 2 heterocycles. The highest BCUT2D eigenvalue weighted by Gasteiger charge is 2.26. The van der Waals surface area contributed by atoms with Crippen molar-refractivity contribution in [2.75, 3.05) is 0 Å². The fourth-order valence-electron chi connectivity index (χ4n) is 3.64. The van der Waals surface area contributed by atoms with Gasteiger partial charge in [-0.05, 0) is 36.2 Å². The van der Waals surface area contributed by atoms with Crippen LogP contribution in [0.1, 0.15) is 22.4 Å². The number of fused-ring (bicyclic) bond motifs is 3. The second-order valence-electron chi connectivity index (χ2n) is 7.94. The highest BCUT2D eigenvalue weighted by molar-refractivity contribution is 7.85. The third kappa shape index (κ3) is 5.59. The number of nitrogens with zero attached hydrogens (tertiary/aromatic N) is 1. The summed E-state index contributed by atoms with van der Waals surface area (Å²) in [5, 5.41) is 1.15. The first-order valence-corrected chi connectivity index (χ1v) is 12.1. The van der Waals surface area contributed by atoms with Crippen molar-refractivity contribution in [2.24, 2.45) is 4.99 Å². The second-order valence-corrected chi connectivity index (χ2v) is 9.36. The Morgan fingerprint density at radius 2 is 1.71 bits per heavy atom. The van der Waals surface area contributed by atoms with Crippen molar-refractivity contribution in [3.63, 3.8) is 0 Å². The fourth-order valence-corrected chi connectivity index (χ4v) is 4.12. The molecule has 5 rings (SSSR count). The Labute approximate surface area is 197 Å². The topological polar surface area (TPSA) is 109 Å². The lowest BCUT2D eigenvalue weighted by molar-refractivity contribution is -0.146. The Balaban J connectivity index is 0.000000210. The predicted molar refractivity (Wildman–Crippen MR) is 131 cm³/mol. The molecule has 1 aromatic heterocycles. The van der Waals surface area contributed by atoms with Crippen molar-refractivity contribution in [2.45, 2.75) is 30.9 Å². The minimum Gasteiger partial charge on any atom is -0.459 e. The summed E-state index contributed by atoms with van der Waals surface area (Å²) in [4.78, 5) is 19.9. The van der Waals surface area contributed by atoms with Crippen molar-refractivity contribution in [1.29, 1.82) is 0 Å². The number of nitrogens with one attached hydrogen (secondary N) is 1. The van der Waals surface area contributed by atoms with E-state index < -0.39 is 16.2 Å². The summed E-state index contributed by atoms with van der Waals surface area (Å²) < 4.78 is 35.0. The van der Waals surface area contributed by atoms with E-state index in [9.17, 15) is 13.2 Å². The second kappa shape index (κ2) is 10.0. The normalized spacial score (nSPS) is 14.7. The zero-order valence-corrected chi connectivity index (χ0v) is 19.3.